The predicted molar refractivity (Wildman–Crippen MR) is 81.3 cm³/mol. The van der Waals surface area contributed by atoms with E-state index >= 15 is 0 Å². The summed E-state index contributed by atoms with van der Waals surface area (Å²) >= 11 is 0. The van der Waals surface area contributed by atoms with Gasteiger partial charge in [0.1, 0.15) is 11.4 Å². The minimum Gasteiger partial charge on any atom is -0.462 e. The first-order valence-corrected chi connectivity index (χ1v) is 7.61. The lowest BCUT2D eigenvalue weighted by Gasteiger charge is -2.40. The molecular weight excluding hydrogens is 268 g/mol. The molecule has 1 fully saturated rings. The number of carbonyl (C=O) groups excluding carboxylic acids is 1. The van der Waals surface area contributed by atoms with Crippen LogP contribution in [0.2, 0.25) is 0 Å². The molecule has 1 aliphatic carbocycles. The maximum Gasteiger partial charge on any atom is 0.341 e. The van der Waals surface area contributed by atoms with E-state index in [0.717, 1.165) is 19.3 Å². The van der Waals surface area contributed by atoms with Crippen LogP contribution in [0.3, 0.4) is 0 Å². The molecule has 0 saturated heterocycles. The molecule has 1 heterocycles. The van der Waals surface area contributed by atoms with Gasteiger partial charge in [-0.15, -0.1) is 0 Å². The van der Waals surface area contributed by atoms with Crippen LogP contribution in [0.1, 0.15) is 49.9 Å². The summed E-state index contributed by atoms with van der Waals surface area (Å²) in [6, 6.07) is 3.41. The first kappa shape index (κ1) is 15.8. The van der Waals surface area contributed by atoms with Gasteiger partial charge in [0.2, 0.25) is 0 Å². The molecule has 0 spiro atoms. The van der Waals surface area contributed by atoms with Gasteiger partial charge in [0, 0.05) is 6.20 Å². The highest BCUT2D eigenvalue weighted by Crippen LogP contribution is 2.35. The van der Waals surface area contributed by atoms with E-state index in [-0.39, 0.29) is 12.6 Å². The van der Waals surface area contributed by atoms with Gasteiger partial charge >= 0.3 is 5.97 Å². The van der Waals surface area contributed by atoms with E-state index in [4.69, 9.17) is 4.74 Å². The molecule has 0 amide bonds. The molecular formula is C16H24N2O3. The molecule has 0 radical (unpaired) electrons. The van der Waals surface area contributed by atoms with E-state index in [9.17, 15) is 9.90 Å². The largest absolute Gasteiger partial charge is 0.462 e. The molecule has 5 nitrogen and oxygen atoms in total. The smallest absolute Gasteiger partial charge is 0.341 e. The standard InChI is InChI=1S/C16H24N2O3/c1-3-21-15(20)13-7-5-9-17-14(13)18-16(11-19)8-4-6-12(2)10-16/h5,7,9,12,19H,3-4,6,8,10-11H2,1-2H3,(H,17,18). The van der Waals surface area contributed by atoms with Crippen molar-refractivity contribution < 1.29 is 14.6 Å². The van der Waals surface area contributed by atoms with Crippen LogP contribution in [0.4, 0.5) is 5.82 Å². The van der Waals surface area contributed by atoms with Crippen molar-refractivity contribution in [1.82, 2.24) is 4.98 Å². The Morgan fingerprint density at radius 1 is 1.62 bits per heavy atom. The molecule has 2 rings (SSSR count). The number of pyridine rings is 1. The summed E-state index contributed by atoms with van der Waals surface area (Å²) in [6.07, 6.45) is 5.64. The maximum absolute atomic E-state index is 12.0. The van der Waals surface area contributed by atoms with Crippen molar-refractivity contribution in [2.45, 2.75) is 45.1 Å². The first-order valence-electron chi connectivity index (χ1n) is 7.61. The van der Waals surface area contributed by atoms with Crippen LogP contribution in [0.15, 0.2) is 18.3 Å². The van der Waals surface area contributed by atoms with Gasteiger partial charge < -0.3 is 15.2 Å². The number of hydrogen-bond donors (Lipinski definition) is 2. The Balaban J connectivity index is 2.23. The second-order valence-electron chi connectivity index (χ2n) is 5.89. The number of rotatable bonds is 5. The molecule has 1 saturated carbocycles. The third-order valence-corrected chi connectivity index (χ3v) is 4.08. The molecule has 2 unspecified atom stereocenters. The Bertz CT molecular complexity index is 492. The first-order chi connectivity index (χ1) is 10.1. The zero-order chi connectivity index (χ0) is 15.3. The van der Waals surface area contributed by atoms with E-state index in [1.165, 1.54) is 6.42 Å². The minimum atomic E-state index is -0.396. The van der Waals surface area contributed by atoms with Gasteiger partial charge in [-0.25, -0.2) is 9.78 Å². The number of anilines is 1. The third kappa shape index (κ3) is 3.73. The third-order valence-electron chi connectivity index (χ3n) is 4.08. The van der Waals surface area contributed by atoms with Gasteiger partial charge in [0.25, 0.3) is 0 Å². The normalized spacial score (nSPS) is 25.4. The number of aliphatic hydroxyl groups is 1. The fourth-order valence-corrected chi connectivity index (χ4v) is 3.09. The van der Waals surface area contributed by atoms with Crippen molar-refractivity contribution in [2.75, 3.05) is 18.5 Å². The highest BCUT2D eigenvalue weighted by atomic mass is 16.5. The second kappa shape index (κ2) is 6.89. The van der Waals surface area contributed by atoms with Crippen LogP contribution < -0.4 is 5.32 Å². The van der Waals surface area contributed by atoms with Gasteiger partial charge in [0.05, 0.1) is 18.8 Å². The average Bonchev–Trinajstić information content (AvgIpc) is 2.48. The van der Waals surface area contributed by atoms with Crippen LogP contribution >= 0.6 is 0 Å². The molecule has 0 bridgehead atoms. The summed E-state index contributed by atoms with van der Waals surface area (Å²) in [5.41, 5.74) is 0.0261. The lowest BCUT2D eigenvalue weighted by atomic mass is 9.77. The second-order valence-corrected chi connectivity index (χ2v) is 5.89. The fourth-order valence-electron chi connectivity index (χ4n) is 3.09. The minimum absolute atomic E-state index is 0.0379. The molecule has 21 heavy (non-hydrogen) atoms. The Morgan fingerprint density at radius 2 is 2.43 bits per heavy atom. The van der Waals surface area contributed by atoms with Crippen LogP contribution in [-0.2, 0) is 4.74 Å². The Morgan fingerprint density at radius 3 is 3.10 bits per heavy atom. The van der Waals surface area contributed by atoms with Crippen molar-refractivity contribution in [3.8, 4) is 0 Å². The summed E-state index contributed by atoms with van der Waals surface area (Å²) in [7, 11) is 0. The van der Waals surface area contributed by atoms with E-state index in [1.807, 2.05) is 0 Å². The quantitative estimate of drug-likeness (QED) is 0.816. The van der Waals surface area contributed by atoms with Crippen molar-refractivity contribution in [2.24, 2.45) is 5.92 Å². The summed E-state index contributed by atoms with van der Waals surface area (Å²) in [6.45, 7) is 4.33. The number of nitrogens with zero attached hydrogens (tertiary/aromatic N) is 1. The van der Waals surface area contributed by atoms with Gasteiger partial charge in [-0.05, 0) is 37.8 Å². The van der Waals surface area contributed by atoms with Crippen LogP contribution in [0.25, 0.3) is 0 Å². The lowest BCUT2D eigenvalue weighted by Crippen LogP contribution is -2.46. The van der Waals surface area contributed by atoms with Crippen molar-refractivity contribution in [3.05, 3.63) is 23.9 Å². The molecule has 5 heteroatoms. The number of aliphatic hydroxyl groups excluding tert-OH is 1. The summed E-state index contributed by atoms with van der Waals surface area (Å²) in [5, 5.41) is 13.2. The molecule has 2 N–H and O–H groups in total. The Labute approximate surface area is 125 Å². The number of hydrogen-bond acceptors (Lipinski definition) is 5. The Hall–Kier alpha value is -1.62. The summed E-state index contributed by atoms with van der Waals surface area (Å²) in [4.78, 5) is 16.3. The highest BCUT2D eigenvalue weighted by molar-refractivity contribution is 5.94. The maximum atomic E-state index is 12.0. The Kier molecular flexibility index (Phi) is 5.17. The summed E-state index contributed by atoms with van der Waals surface area (Å²) < 4.78 is 5.06. The van der Waals surface area contributed by atoms with Gasteiger partial charge in [-0.1, -0.05) is 19.8 Å². The number of carbonyl (C=O) groups is 1. The number of esters is 1. The zero-order valence-corrected chi connectivity index (χ0v) is 12.8. The molecule has 1 aliphatic rings. The molecule has 0 aromatic carbocycles. The van der Waals surface area contributed by atoms with Crippen LogP contribution in [-0.4, -0.2) is 34.8 Å². The van der Waals surface area contributed by atoms with Crippen molar-refractivity contribution in [1.29, 1.82) is 0 Å². The number of ether oxygens (including phenoxy) is 1. The van der Waals surface area contributed by atoms with E-state index < -0.39 is 5.54 Å². The fraction of sp³-hybridized carbons (Fsp3) is 0.625. The van der Waals surface area contributed by atoms with Gasteiger partial charge in [-0.2, -0.15) is 0 Å². The average molecular weight is 292 g/mol. The monoisotopic (exact) mass is 292 g/mol. The SMILES string of the molecule is CCOC(=O)c1cccnc1NC1(CO)CCCC(C)C1. The van der Waals surface area contributed by atoms with Crippen molar-refractivity contribution in [3.63, 3.8) is 0 Å². The molecule has 116 valence electrons. The topological polar surface area (TPSA) is 71.5 Å². The highest BCUT2D eigenvalue weighted by Gasteiger charge is 2.35. The molecule has 2 atom stereocenters. The van der Waals surface area contributed by atoms with Crippen LogP contribution in [0, 0.1) is 5.92 Å². The zero-order valence-electron chi connectivity index (χ0n) is 12.8. The van der Waals surface area contributed by atoms with Crippen molar-refractivity contribution >= 4 is 11.8 Å². The van der Waals surface area contributed by atoms with E-state index in [2.05, 4.69) is 17.2 Å². The number of aromatic nitrogens is 1. The van der Waals surface area contributed by atoms with Gasteiger partial charge in [-0.3, -0.25) is 0 Å². The van der Waals surface area contributed by atoms with Gasteiger partial charge in [0.15, 0.2) is 0 Å². The molecule has 0 aliphatic heterocycles. The van der Waals surface area contributed by atoms with E-state index in [0.29, 0.717) is 23.9 Å². The lowest BCUT2D eigenvalue weighted by molar-refractivity contribution is 0.0526. The van der Waals surface area contributed by atoms with Crippen LogP contribution in [0.5, 0.6) is 0 Å². The predicted octanol–water partition coefficient (Wildman–Crippen LogP) is 2.61. The summed E-state index contributed by atoms with van der Waals surface area (Å²) in [5.74, 6) is 0.664. The number of nitrogens with one attached hydrogen (secondary N) is 1. The molecule has 1 aromatic heterocycles. The molecule has 1 aromatic rings. The van der Waals surface area contributed by atoms with E-state index in [1.54, 1.807) is 25.3 Å².